The summed E-state index contributed by atoms with van der Waals surface area (Å²) in [4.78, 5) is 37.2. The number of carbonyl (C=O) groups is 2. The van der Waals surface area contributed by atoms with Gasteiger partial charge in [-0.1, -0.05) is 18.2 Å². The van der Waals surface area contributed by atoms with Crippen molar-refractivity contribution in [3.63, 3.8) is 0 Å². The summed E-state index contributed by atoms with van der Waals surface area (Å²) in [6.07, 6.45) is 0.733. The molecule has 0 spiro atoms. The molecule has 7 heteroatoms. The molecule has 136 valence electrons. The number of aryl methyl sites for hydroxylation is 2. The van der Waals surface area contributed by atoms with Crippen LogP contribution in [0.25, 0.3) is 0 Å². The molecule has 1 aliphatic rings. The second kappa shape index (κ2) is 7.95. The molecule has 0 radical (unpaired) electrons. The number of nitrogens with zero attached hydrogens (tertiary/aromatic N) is 4. The van der Waals surface area contributed by atoms with Gasteiger partial charge in [0, 0.05) is 37.6 Å². The van der Waals surface area contributed by atoms with Gasteiger partial charge in [-0.25, -0.2) is 14.8 Å². The average molecular weight is 353 g/mol. The molecular formula is C19H23N5O2. The number of rotatable bonds is 2. The van der Waals surface area contributed by atoms with Crippen LogP contribution in [0.2, 0.25) is 0 Å². The Kier molecular flexibility index (Phi) is 5.46. The Morgan fingerprint density at radius 2 is 1.65 bits per heavy atom. The molecule has 1 aliphatic heterocycles. The Bertz CT molecular complexity index is 774. The molecule has 0 saturated carbocycles. The lowest BCUT2D eigenvalue weighted by Gasteiger charge is -2.22. The Morgan fingerprint density at radius 1 is 0.962 bits per heavy atom. The highest BCUT2D eigenvalue weighted by Crippen LogP contribution is 2.11. The summed E-state index contributed by atoms with van der Waals surface area (Å²) in [5.74, 6) is 0.482. The quantitative estimate of drug-likeness (QED) is 0.900. The fourth-order valence-corrected chi connectivity index (χ4v) is 3.04. The van der Waals surface area contributed by atoms with E-state index in [9.17, 15) is 9.59 Å². The van der Waals surface area contributed by atoms with Crippen molar-refractivity contribution >= 4 is 17.6 Å². The minimum atomic E-state index is -0.140. The number of hydrogen-bond donors (Lipinski definition) is 1. The van der Waals surface area contributed by atoms with Crippen LogP contribution in [0.1, 0.15) is 28.4 Å². The van der Waals surface area contributed by atoms with E-state index in [1.165, 1.54) is 0 Å². The van der Waals surface area contributed by atoms with Gasteiger partial charge in [0.1, 0.15) is 11.5 Å². The Hall–Kier alpha value is -2.96. The standard InChI is InChI=1S/C19H23N5O2/c1-14-13-17(21-15(2)20-14)18(25)23-9-6-10-24(12-11-23)19(26)22-16-7-4-3-5-8-16/h3-5,7-8,13H,6,9-12H2,1-2H3,(H,22,26). The fourth-order valence-electron chi connectivity index (χ4n) is 3.04. The van der Waals surface area contributed by atoms with Crippen LogP contribution in [0, 0.1) is 13.8 Å². The van der Waals surface area contributed by atoms with Gasteiger partial charge in [0.2, 0.25) is 0 Å². The SMILES string of the molecule is Cc1cc(C(=O)N2CCCN(C(=O)Nc3ccccc3)CC2)nc(C)n1. The summed E-state index contributed by atoms with van der Waals surface area (Å²) >= 11 is 0. The first-order chi connectivity index (χ1) is 12.5. The van der Waals surface area contributed by atoms with E-state index < -0.39 is 0 Å². The van der Waals surface area contributed by atoms with Crippen LogP contribution < -0.4 is 5.32 Å². The van der Waals surface area contributed by atoms with Crippen molar-refractivity contribution in [2.45, 2.75) is 20.3 Å². The molecule has 26 heavy (non-hydrogen) atoms. The normalized spacial score (nSPS) is 14.7. The summed E-state index contributed by atoms with van der Waals surface area (Å²) in [5, 5.41) is 2.89. The zero-order valence-electron chi connectivity index (χ0n) is 15.1. The van der Waals surface area contributed by atoms with Crippen LogP contribution in [-0.2, 0) is 0 Å². The molecule has 3 amide bonds. The van der Waals surface area contributed by atoms with Crippen molar-refractivity contribution in [1.82, 2.24) is 19.8 Å². The number of amides is 3. The zero-order chi connectivity index (χ0) is 18.5. The molecule has 1 aromatic heterocycles. The lowest BCUT2D eigenvalue weighted by atomic mass is 10.2. The van der Waals surface area contributed by atoms with E-state index in [4.69, 9.17) is 0 Å². The number of nitrogens with one attached hydrogen (secondary N) is 1. The molecule has 3 rings (SSSR count). The van der Waals surface area contributed by atoms with E-state index in [2.05, 4.69) is 15.3 Å². The molecule has 0 atom stereocenters. The summed E-state index contributed by atoms with van der Waals surface area (Å²) in [7, 11) is 0. The van der Waals surface area contributed by atoms with E-state index >= 15 is 0 Å². The molecular weight excluding hydrogens is 330 g/mol. The molecule has 0 unspecified atom stereocenters. The van der Waals surface area contributed by atoms with Gasteiger partial charge in [-0.05, 0) is 38.5 Å². The Balaban J connectivity index is 1.62. The van der Waals surface area contributed by atoms with Crippen molar-refractivity contribution in [3.05, 3.63) is 53.6 Å². The predicted octanol–water partition coefficient (Wildman–Crippen LogP) is 2.47. The third-order valence-corrected chi connectivity index (χ3v) is 4.28. The first kappa shape index (κ1) is 17.8. The number of hydrogen-bond acceptors (Lipinski definition) is 4. The van der Waals surface area contributed by atoms with Crippen molar-refractivity contribution in [1.29, 1.82) is 0 Å². The molecule has 1 fully saturated rings. The molecule has 7 nitrogen and oxygen atoms in total. The van der Waals surface area contributed by atoms with E-state index in [-0.39, 0.29) is 11.9 Å². The molecule has 2 aromatic rings. The van der Waals surface area contributed by atoms with Crippen LogP contribution in [0.3, 0.4) is 0 Å². The van der Waals surface area contributed by atoms with Gasteiger partial charge in [-0.3, -0.25) is 4.79 Å². The maximum atomic E-state index is 12.7. The molecule has 2 heterocycles. The number of benzene rings is 1. The van der Waals surface area contributed by atoms with Crippen LogP contribution in [0.5, 0.6) is 0 Å². The highest BCUT2D eigenvalue weighted by atomic mass is 16.2. The van der Waals surface area contributed by atoms with Gasteiger partial charge in [0.15, 0.2) is 0 Å². The zero-order valence-corrected chi connectivity index (χ0v) is 15.1. The summed E-state index contributed by atoms with van der Waals surface area (Å²) in [6, 6.07) is 10.9. The highest BCUT2D eigenvalue weighted by Gasteiger charge is 2.24. The largest absolute Gasteiger partial charge is 0.335 e. The van der Waals surface area contributed by atoms with Crippen molar-refractivity contribution < 1.29 is 9.59 Å². The number of urea groups is 1. The van der Waals surface area contributed by atoms with E-state index in [1.807, 2.05) is 37.3 Å². The van der Waals surface area contributed by atoms with Crippen LogP contribution in [0.4, 0.5) is 10.5 Å². The van der Waals surface area contributed by atoms with E-state index in [0.29, 0.717) is 37.7 Å². The first-order valence-electron chi connectivity index (χ1n) is 8.75. The fraction of sp³-hybridized carbons (Fsp3) is 0.368. The first-order valence-corrected chi connectivity index (χ1v) is 8.75. The summed E-state index contributed by atoms with van der Waals surface area (Å²) in [6.45, 7) is 5.84. The molecule has 1 N–H and O–H groups in total. The van der Waals surface area contributed by atoms with Crippen molar-refractivity contribution in [2.24, 2.45) is 0 Å². The van der Waals surface area contributed by atoms with Gasteiger partial charge in [-0.15, -0.1) is 0 Å². The number of carbonyl (C=O) groups excluding carboxylic acids is 2. The van der Waals surface area contributed by atoms with Gasteiger partial charge in [0.25, 0.3) is 5.91 Å². The smallest absolute Gasteiger partial charge is 0.321 e. The minimum Gasteiger partial charge on any atom is -0.335 e. The van der Waals surface area contributed by atoms with Crippen molar-refractivity contribution in [2.75, 3.05) is 31.5 Å². The Morgan fingerprint density at radius 3 is 2.38 bits per heavy atom. The summed E-state index contributed by atoms with van der Waals surface area (Å²) < 4.78 is 0. The summed E-state index contributed by atoms with van der Waals surface area (Å²) in [5.41, 5.74) is 1.96. The lowest BCUT2D eigenvalue weighted by Crippen LogP contribution is -2.39. The number of para-hydroxylation sites is 1. The van der Waals surface area contributed by atoms with Gasteiger partial charge >= 0.3 is 6.03 Å². The topological polar surface area (TPSA) is 78.4 Å². The average Bonchev–Trinajstić information content (AvgIpc) is 2.87. The van der Waals surface area contributed by atoms with Crippen LogP contribution in [-0.4, -0.2) is 57.9 Å². The third-order valence-electron chi connectivity index (χ3n) is 4.28. The van der Waals surface area contributed by atoms with Crippen molar-refractivity contribution in [3.8, 4) is 0 Å². The van der Waals surface area contributed by atoms with Crippen LogP contribution >= 0.6 is 0 Å². The lowest BCUT2D eigenvalue weighted by molar-refractivity contribution is 0.0756. The predicted molar refractivity (Wildman–Crippen MR) is 99.1 cm³/mol. The molecule has 0 bridgehead atoms. The maximum Gasteiger partial charge on any atom is 0.321 e. The second-order valence-corrected chi connectivity index (χ2v) is 6.37. The van der Waals surface area contributed by atoms with Gasteiger partial charge in [-0.2, -0.15) is 0 Å². The van der Waals surface area contributed by atoms with E-state index in [0.717, 1.165) is 17.8 Å². The second-order valence-electron chi connectivity index (χ2n) is 6.37. The highest BCUT2D eigenvalue weighted by molar-refractivity contribution is 5.92. The molecule has 0 aliphatic carbocycles. The third kappa shape index (κ3) is 4.36. The maximum absolute atomic E-state index is 12.7. The number of aromatic nitrogens is 2. The minimum absolute atomic E-state index is 0.107. The molecule has 1 saturated heterocycles. The Labute approximate surface area is 153 Å². The molecule has 1 aromatic carbocycles. The number of anilines is 1. The van der Waals surface area contributed by atoms with E-state index in [1.54, 1.807) is 22.8 Å². The monoisotopic (exact) mass is 353 g/mol. The van der Waals surface area contributed by atoms with Gasteiger partial charge < -0.3 is 15.1 Å². The van der Waals surface area contributed by atoms with Gasteiger partial charge in [0.05, 0.1) is 0 Å². The van der Waals surface area contributed by atoms with Crippen LogP contribution in [0.15, 0.2) is 36.4 Å².